The maximum absolute atomic E-state index is 13.1. The molecule has 3 aromatic carbocycles. The highest BCUT2D eigenvalue weighted by molar-refractivity contribution is 5.79. The van der Waals surface area contributed by atoms with Crippen molar-refractivity contribution in [1.29, 1.82) is 0 Å². The molecule has 0 saturated heterocycles. The molecule has 0 unspecified atom stereocenters. The number of hydrogen-bond donors (Lipinski definition) is 1. The fourth-order valence-electron chi connectivity index (χ4n) is 3.05. The van der Waals surface area contributed by atoms with Gasteiger partial charge >= 0.3 is 0 Å². The van der Waals surface area contributed by atoms with Gasteiger partial charge in [-0.2, -0.15) is 0 Å². The first kappa shape index (κ1) is 16.8. The predicted octanol–water partition coefficient (Wildman–Crippen LogP) is 4.50. The SMILES string of the molecule is O=c1c(/C=C(\O)c2ccccc2)nc2ccccc2n1Cc1ccccc1. The third kappa shape index (κ3) is 3.51. The van der Waals surface area contributed by atoms with Gasteiger partial charge < -0.3 is 9.67 Å². The van der Waals surface area contributed by atoms with Gasteiger partial charge in [0.2, 0.25) is 0 Å². The zero-order valence-corrected chi connectivity index (χ0v) is 14.6. The zero-order chi connectivity index (χ0) is 18.6. The third-order valence-corrected chi connectivity index (χ3v) is 4.40. The van der Waals surface area contributed by atoms with Crippen LogP contribution in [0.25, 0.3) is 22.9 Å². The van der Waals surface area contributed by atoms with Gasteiger partial charge in [0.1, 0.15) is 11.5 Å². The van der Waals surface area contributed by atoms with Gasteiger partial charge in [-0.3, -0.25) is 4.79 Å². The van der Waals surface area contributed by atoms with Crippen LogP contribution in [0.1, 0.15) is 16.8 Å². The average Bonchev–Trinajstić information content (AvgIpc) is 2.72. The molecule has 0 radical (unpaired) electrons. The number of fused-ring (bicyclic) bond motifs is 1. The van der Waals surface area contributed by atoms with Crippen molar-refractivity contribution in [2.24, 2.45) is 0 Å². The Balaban J connectivity index is 1.87. The highest BCUT2D eigenvalue weighted by atomic mass is 16.3. The second-order valence-corrected chi connectivity index (χ2v) is 6.26. The lowest BCUT2D eigenvalue weighted by Gasteiger charge is -2.11. The van der Waals surface area contributed by atoms with Crippen LogP contribution in [0.3, 0.4) is 0 Å². The van der Waals surface area contributed by atoms with Crippen molar-refractivity contribution in [3.05, 3.63) is 112 Å². The van der Waals surface area contributed by atoms with Crippen LogP contribution in [0.15, 0.2) is 89.7 Å². The van der Waals surface area contributed by atoms with E-state index in [9.17, 15) is 9.90 Å². The van der Waals surface area contributed by atoms with E-state index < -0.39 is 0 Å². The first-order valence-corrected chi connectivity index (χ1v) is 8.72. The molecule has 4 aromatic rings. The molecule has 0 aliphatic heterocycles. The van der Waals surface area contributed by atoms with Crippen molar-refractivity contribution in [2.75, 3.05) is 0 Å². The van der Waals surface area contributed by atoms with Gasteiger partial charge in [0.05, 0.1) is 17.6 Å². The molecule has 27 heavy (non-hydrogen) atoms. The number of aliphatic hydroxyl groups is 1. The minimum absolute atomic E-state index is 0.0155. The Bertz CT molecular complexity index is 1160. The number of aromatic nitrogens is 2. The minimum atomic E-state index is -0.236. The van der Waals surface area contributed by atoms with Gasteiger partial charge in [-0.1, -0.05) is 72.8 Å². The standard InChI is InChI=1S/C23H18N2O2/c26-22(18-11-5-2-6-12-18)15-20-23(27)25(16-17-9-3-1-4-10-17)21-14-8-7-13-19(21)24-20/h1-15,26H,16H2/b22-15-. The number of rotatable bonds is 4. The molecule has 0 amide bonds. The summed E-state index contributed by atoms with van der Waals surface area (Å²) in [5.41, 5.74) is 3.12. The Labute approximate surface area is 156 Å². The summed E-state index contributed by atoms with van der Waals surface area (Å²) in [7, 11) is 0. The van der Waals surface area contributed by atoms with Crippen LogP contribution >= 0.6 is 0 Å². The average molecular weight is 354 g/mol. The molecule has 132 valence electrons. The Kier molecular flexibility index (Phi) is 4.54. The predicted molar refractivity (Wildman–Crippen MR) is 108 cm³/mol. The van der Waals surface area contributed by atoms with Crippen LogP contribution in [0.5, 0.6) is 0 Å². The maximum Gasteiger partial charge on any atom is 0.277 e. The lowest BCUT2D eigenvalue weighted by atomic mass is 10.1. The van der Waals surface area contributed by atoms with E-state index in [1.165, 1.54) is 6.08 Å². The van der Waals surface area contributed by atoms with Gasteiger partial charge in [0.25, 0.3) is 5.56 Å². The Morgan fingerprint density at radius 3 is 2.26 bits per heavy atom. The quantitative estimate of drug-likeness (QED) is 0.549. The van der Waals surface area contributed by atoms with Gasteiger partial charge in [-0.05, 0) is 17.7 Å². The fourth-order valence-corrected chi connectivity index (χ4v) is 3.05. The Morgan fingerprint density at radius 2 is 1.52 bits per heavy atom. The summed E-state index contributed by atoms with van der Waals surface area (Å²) in [5, 5.41) is 10.4. The fraction of sp³-hybridized carbons (Fsp3) is 0.0435. The lowest BCUT2D eigenvalue weighted by Crippen LogP contribution is -2.24. The summed E-state index contributed by atoms with van der Waals surface area (Å²) >= 11 is 0. The molecule has 1 N–H and O–H groups in total. The highest BCUT2D eigenvalue weighted by Gasteiger charge is 2.11. The molecule has 0 aliphatic carbocycles. The van der Waals surface area contributed by atoms with Crippen molar-refractivity contribution in [1.82, 2.24) is 9.55 Å². The summed E-state index contributed by atoms with van der Waals surface area (Å²) in [4.78, 5) is 17.6. The first-order valence-electron chi connectivity index (χ1n) is 8.72. The maximum atomic E-state index is 13.1. The molecule has 4 nitrogen and oxygen atoms in total. The lowest BCUT2D eigenvalue weighted by molar-refractivity contribution is 0.515. The minimum Gasteiger partial charge on any atom is -0.507 e. The summed E-state index contributed by atoms with van der Waals surface area (Å²) < 4.78 is 1.70. The van der Waals surface area contributed by atoms with E-state index in [1.807, 2.05) is 72.8 Å². The molecule has 0 fully saturated rings. The Morgan fingerprint density at radius 1 is 0.889 bits per heavy atom. The van der Waals surface area contributed by atoms with Crippen LogP contribution in [-0.4, -0.2) is 14.7 Å². The summed E-state index contributed by atoms with van der Waals surface area (Å²) in [6.45, 7) is 0.440. The van der Waals surface area contributed by atoms with Crippen molar-refractivity contribution < 1.29 is 5.11 Å². The zero-order valence-electron chi connectivity index (χ0n) is 14.6. The van der Waals surface area contributed by atoms with Crippen LogP contribution in [0.4, 0.5) is 0 Å². The van der Waals surface area contributed by atoms with E-state index in [-0.39, 0.29) is 17.0 Å². The molecule has 0 aliphatic rings. The van der Waals surface area contributed by atoms with E-state index >= 15 is 0 Å². The summed E-state index contributed by atoms with van der Waals surface area (Å²) in [6.07, 6.45) is 1.44. The number of para-hydroxylation sites is 2. The van der Waals surface area contributed by atoms with Gasteiger partial charge in [-0.25, -0.2) is 4.98 Å². The number of aliphatic hydroxyl groups excluding tert-OH is 1. The molecule has 0 bridgehead atoms. The molecule has 0 saturated carbocycles. The molecule has 4 rings (SSSR count). The van der Waals surface area contributed by atoms with Crippen molar-refractivity contribution in [3.8, 4) is 0 Å². The van der Waals surface area contributed by atoms with Crippen molar-refractivity contribution >= 4 is 22.9 Å². The molecule has 4 heteroatoms. The molecule has 1 heterocycles. The smallest absolute Gasteiger partial charge is 0.277 e. The van der Waals surface area contributed by atoms with Crippen LogP contribution in [0, 0.1) is 0 Å². The molecule has 1 aromatic heterocycles. The van der Waals surface area contributed by atoms with E-state index in [1.54, 1.807) is 16.7 Å². The van der Waals surface area contributed by atoms with E-state index in [0.29, 0.717) is 17.6 Å². The van der Waals surface area contributed by atoms with E-state index in [0.717, 1.165) is 11.1 Å². The van der Waals surface area contributed by atoms with Crippen molar-refractivity contribution in [2.45, 2.75) is 6.54 Å². The number of benzene rings is 3. The van der Waals surface area contributed by atoms with Gasteiger partial charge in [-0.15, -0.1) is 0 Å². The molecular weight excluding hydrogens is 336 g/mol. The van der Waals surface area contributed by atoms with E-state index in [4.69, 9.17) is 0 Å². The normalized spacial score (nSPS) is 11.6. The largest absolute Gasteiger partial charge is 0.507 e. The second-order valence-electron chi connectivity index (χ2n) is 6.26. The summed E-state index contributed by atoms with van der Waals surface area (Å²) in [6, 6.07) is 26.5. The second kappa shape index (κ2) is 7.30. The van der Waals surface area contributed by atoms with Crippen molar-refractivity contribution in [3.63, 3.8) is 0 Å². The topological polar surface area (TPSA) is 55.1 Å². The molecular formula is C23H18N2O2. The van der Waals surface area contributed by atoms with E-state index in [2.05, 4.69) is 4.98 Å². The van der Waals surface area contributed by atoms with Crippen LogP contribution in [0.2, 0.25) is 0 Å². The van der Waals surface area contributed by atoms with Gasteiger partial charge in [0, 0.05) is 11.6 Å². The van der Waals surface area contributed by atoms with Gasteiger partial charge in [0.15, 0.2) is 0 Å². The molecule has 0 spiro atoms. The number of hydrogen-bond acceptors (Lipinski definition) is 3. The highest BCUT2D eigenvalue weighted by Crippen LogP contribution is 2.16. The molecule has 0 atom stereocenters. The monoisotopic (exact) mass is 354 g/mol. The Hall–Kier alpha value is -3.66. The summed E-state index contributed by atoms with van der Waals surface area (Å²) in [5.74, 6) is 0.0155. The third-order valence-electron chi connectivity index (χ3n) is 4.40. The van der Waals surface area contributed by atoms with Crippen LogP contribution in [-0.2, 0) is 6.54 Å². The first-order chi connectivity index (χ1) is 13.2. The number of nitrogens with zero attached hydrogens (tertiary/aromatic N) is 2. The van der Waals surface area contributed by atoms with Crippen LogP contribution < -0.4 is 5.56 Å².